The molecule has 0 aliphatic heterocycles. The molecule has 0 radical (unpaired) electrons. The Morgan fingerprint density at radius 2 is 0.903 bits per heavy atom. The Kier molecular flexibility index (Phi) is 7.40. The van der Waals surface area contributed by atoms with Crippen LogP contribution >= 0.6 is 11.3 Å². The van der Waals surface area contributed by atoms with Gasteiger partial charge in [0.2, 0.25) is 0 Å². The quantitative estimate of drug-likeness (QED) is 0.161. The van der Waals surface area contributed by atoms with Gasteiger partial charge in [-0.05, 0) is 61.7 Å². The zero-order chi connectivity index (χ0) is 45.4. The number of nitrogens with zero attached hydrogens (tertiary/aromatic N) is 3. The predicted molar refractivity (Wildman–Crippen MR) is 257 cm³/mol. The van der Waals surface area contributed by atoms with E-state index in [-0.39, 0.29) is 17.6 Å². The lowest BCUT2D eigenvalue weighted by Gasteiger charge is -2.33. The largest absolute Gasteiger partial charge is 0.208 e. The molecule has 62 heavy (non-hydrogen) atoms. The van der Waals surface area contributed by atoms with E-state index in [2.05, 4.69) is 146 Å². The molecule has 0 saturated heterocycles. The fraction of sp³-hybridized carbons (Fsp3) is 0.0172. The Morgan fingerprint density at radius 3 is 1.66 bits per heavy atom. The molecule has 2 heterocycles. The summed E-state index contributed by atoms with van der Waals surface area (Å²) in [6, 6.07) is 64.9. The Morgan fingerprint density at radius 1 is 0.371 bits per heavy atom. The van der Waals surface area contributed by atoms with Crippen molar-refractivity contribution in [3.05, 3.63) is 247 Å². The normalized spacial score (nSPS) is 13.8. The van der Waals surface area contributed by atoms with E-state index in [4.69, 9.17) is 21.8 Å². The molecule has 9 aromatic carbocycles. The lowest BCUT2D eigenvalue weighted by atomic mass is 9.67. The second kappa shape index (κ2) is 14.7. The molecular formula is C58H37N3S. The first-order valence-corrected chi connectivity index (χ1v) is 21.4. The minimum absolute atomic E-state index is 0.0786. The maximum atomic E-state index is 8.97. The number of hydrogen-bond donors (Lipinski definition) is 0. The van der Waals surface area contributed by atoms with Gasteiger partial charge in [-0.25, -0.2) is 15.0 Å². The molecule has 0 atom stereocenters. The second-order valence-corrected chi connectivity index (χ2v) is 16.5. The summed E-state index contributed by atoms with van der Waals surface area (Å²) in [4.78, 5) is 15.8. The summed E-state index contributed by atoms with van der Waals surface area (Å²) in [6.45, 7) is 0. The van der Waals surface area contributed by atoms with Crippen molar-refractivity contribution in [1.82, 2.24) is 15.0 Å². The first-order chi connectivity index (χ1) is 32.8. The van der Waals surface area contributed by atoms with Gasteiger partial charge in [0.05, 0.1) is 12.3 Å². The van der Waals surface area contributed by atoms with Gasteiger partial charge in [-0.1, -0.05) is 218 Å². The molecule has 11 aromatic rings. The zero-order valence-electron chi connectivity index (χ0n) is 38.2. The van der Waals surface area contributed by atoms with Crippen LogP contribution in [0.25, 0.3) is 87.7 Å². The van der Waals surface area contributed by atoms with Gasteiger partial charge in [-0.3, -0.25) is 0 Å². The van der Waals surface area contributed by atoms with Crippen molar-refractivity contribution in [2.24, 2.45) is 0 Å². The van der Waals surface area contributed by atoms with Crippen molar-refractivity contribution >= 4 is 31.5 Å². The molecule has 1 aliphatic carbocycles. The molecule has 0 fully saturated rings. The fourth-order valence-electron chi connectivity index (χ4n) is 9.48. The van der Waals surface area contributed by atoms with E-state index in [1.165, 1.54) is 20.2 Å². The Balaban J connectivity index is 1.10. The number of thiophene rings is 1. The summed E-state index contributed by atoms with van der Waals surface area (Å²) in [5.74, 6) is 1.19. The topological polar surface area (TPSA) is 38.7 Å². The van der Waals surface area contributed by atoms with Crippen molar-refractivity contribution in [3.8, 4) is 67.5 Å². The molecule has 0 amide bonds. The van der Waals surface area contributed by atoms with E-state index in [1.807, 2.05) is 36.4 Å². The van der Waals surface area contributed by atoms with Crippen LogP contribution < -0.4 is 0 Å². The molecule has 290 valence electrons. The standard InChI is InChI=1S/C58H37N3S/c1-4-18-38(19-5-1)43-24-10-11-26-47(43)56-59-55(40-36-34-39(35-37-40)44-28-16-29-46-45-25-13-15-33-52(45)62-54(44)46)60-57(61-56)49-30-17-32-51-53(49)48-27-12-14-31-50(48)58(51,41-20-6-2-7-21-41)42-22-8-3-9-23-42/h1-37H/i1D,4D,5D,18D,19D. The molecule has 12 rings (SSSR count). The molecule has 1 aliphatic rings. The van der Waals surface area contributed by atoms with Crippen molar-refractivity contribution < 1.29 is 6.85 Å². The van der Waals surface area contributed by atoms with Crippen LogP contribution in [-0.2, 0) is 5.41 Å². The van der Waals surface area contributed by atoms with Gasteiger partial charge in [0.15, 0.2) is 17.5 Å². The average Bonchev–Trinajstić information content (AvgIpc) is 3.92. The second-order valence-electron chi connectivity index (χ2n) is 15.5. The maximum absolute atomic E-state index is 8.97. The number of fused-ring (bicyclic) bond motifs is 6. The van der Waals surface area contributed by atoms with E-state index >= 15 is 0 Å². The zero-order valence-corrected chi connectivity index (χ0v) is 34.0. The highest BCUT2D eigenvalue weighted by atomic mass is 32.1. The smallest absolute Gasteiger partial charge is 0.164 e. The molecule has 2 aromatic heterocycles. The molecule has 0 unspecified atom stereocenters. The van der Waals surface area contributed by atoms with Crippen molar-refractivity contribution in [3.63, 3.8) is 0 Å². The third-order valence-corrected chi connectivity index (χ3v) is 13.4. The van der Waals surface area contributed by atoms with Gasteiger partial charge in [0.1, 0.15) is 0 Å². The summed E-state index contributed by atoms with van der Waals surface area (Å²) in [5, 5.41) is 2.47. The minimum atomic E-state index is -0.649. The summed E-state index contributed by atoms with van der Waals surface area (Å²) >= 11 is 1.79. The van der Waals surface area contributed by atoms with Gasteiger partial charge in [-0.15, -0.1) is 11.3 Å². The highest BCUT2D eigenvalue weighted by Crippen LogP contribution is 2.58. The molecule has 0 N–H and O–H groups in total. The average molecular weight is 813 g/mol. The van der Waals surface area contributed by atoms with Crippen LogP contribution in [0, 0.1) is 0 Å². The maximum Gasteiger partial charge on any atom is 0.164 e. The SMILES string of the molecule is [2H]c1c([2H])c([2H])c(-c2ccccc2-c2nc(-c3ccc(-c4cccc5c4sc4ccccc45)cc3)nc(-c3cccc4c3-c3ccccc3C4(c3ccccc3)c3ccccc3)n2)c([2H])c1[2H]. The van der Waals surface area contributed by atoms with E-state index < -0.39 is 23.5 Å². The third-order valence-electron chi connectivity index (χ3n) is 12.2. The lowest BCUT2D eigenvalue weighted by Crippen LogP contribution is -2.28. The van der Waals surface area contributed by atoms with Crippen molar-refractivity contribution in [1.29, 1.82) is 0 Å². The molecule has 0 saturated carbocycles. The van der Waals surface area contributed by atoms with Crippen LogP contribution in [0.4, 0.5) is 0 Å². The first kappa shape index (κ1) is 31.1. The first-order valence-electron chi connectivity index (χ1n) is 23.1. The van der Waals surface area contributed by atoms with E-state index in [0.717, 1.165) is 55.6 Å². The van der Waals surface area contributed by atoms with Crippen LogP contribution in [0.3, 0.4) is 0 Å². The predicted octanol–water partition coefficient (Wildman–Crippen LogP) is 14.9. The van der Waals surface area contributed by atoms with Gasteiger partial charge in [0.25, 0.3) is 0 Å². The molecule has 0 bridgehead atoms. The summed E-state index contributed by atoms with van der Waals surface area (Å²) in [5.41, 5.74) is 10.8. The molecular weight excluding hydrogens is 771 g/mol. The highest BCUT2D eigenvalue weighted by Gasteiger charge is 2.47. The number of hydrogen-bond acceptors (Lipinski definition) is 4. The van der Waals surface area contributed by atoms with E-state index in [9.17, 15) is 0 Å². The van der Waals surface area contributed by atoms with Crippen LogP contribution in [-0.4, -0.2) is 15.0 Å². The van der Waals surface area contributed by atoms with Gasteiger partial charge in [-0.2, -0.15) is 0 Å². The Hall–Kier alpha value is -7.79. The third kappa shape index (κ3) is 5.68. The lowest BCUT2D eigenvalue weighted by molar-refractivity contribution is 0.768. The van der Waals surface area contributed by atoms with E-state index in [1.54, 1.807) is 23.5 Å². The fourth-order valence-corrected chi connectivity index (χ4v) is 10.7. The summed E-state index contributed by atoms with van der Waals surface area (Å²) < 4.78 is 45.8. The van der Waals surface area contributed by atoms with Crippen LogP contribution in [0.15, 0.2) is 224 Å². The van der Waals surface area contributed by atoms with Crippen LogP contribution in [0.5, 0.6) is 0 Å². The van der Waals surface area contributed by atoms with Crippen LogP contribution in [0.2, 0.25) is 0 Å². The number of aromatic nitrogens is 3. The summed E-state index contributed by atoms with van der Waals surface area (Å²) in [7, 11) is 0. The van der Waals surface area contributed by atoms with Crippen molar-refractivity contribution in [2.75, 3.05) is 0 Å². The number of rotatable bonds is 7. The molecule has 0 spiro atoms. The van der Waals surface area contributed by atoms with Gasteiger partial charge in [0, 0.05) is 36.9 Å². The Bertz CT molecular complexity index is 3690. The van der Waals surface area contributed by atoms with Gasteiger partial charge >= 0.3 is 0 Å². The molecule has 3 nitrogen and oxygen atoms in total. The highest BCUT2D eigenvalue weighted by molar-refractivity contribution is 7.26. The molecule has 4 heteroatoms. The monoisotopic (exact) mass is 812 g/mol. The van der Waals surface area contributed by atoms with E-state index in [0.29, 0.717) is 28.6 Å². The summed E-state index contributed by atoms with van der Waals surface area (Å²) in [6.07, 6.45) is 0. The minimum Gasteiger partial charge on any atom is -0.208 e. The van der Waals surface area contributed by atoms with Gasteiger partial charge < -0.3 is 0 Å². The Labute approximate surface area is 371 Å². The van der Waals surface area contributed by atoms with Crippen LogP contribution in [0.1, 0.15) is 29.1 Å². The van der Waals surface area contributed by atoms with Crippen molar-refractivity contribution in [2.45, 2.75) is 5.41 Å². The number of benzene rings is 9.